The summed E-state index contributed by atoms with van der Waals surface area (Å²) in [5.74, 6) is 1.66. The molecule has 2 aliphatic rings. The summed E-state index contributed by atoms with van der Waals surface area (Å²) in [5, 5.41) is 37.5. The highest BCUT2D eigenvalue weighted by molar-refractivity contribution is 8.00. The van der Waals surface area contributed by atoms with E-state index in [1.54, 1.807) is 74.2 Å². The van der Waals surface area contributed by atoms with Crippen LogP contribution in [0.1, 0.15) is 44.5 Å². The highest BCUT2D eigenvalue weighted by Gasteiger charge is 2.24. The quantitative estimate of drug-likeness (QED) is 0.0989. The van der Waals surface area contributed by atoms with Gasteiger partial charge < -0.3 is 29.9 Å². The number of carboxylic acids is 2. The largest absolute Gasteiger partial charge is 0.508 e. The first-order valence-electron chi connectivity index (χ1n) is 18.8. The van der Waals surface area contributed by atoms with Gasteiger partial charge >= 0.3 is 11.9 Å². The summed E-state index contributed by atoms with van der Waals surface area (Å²) >= 11 is 3.44. The predicted octanol–water partition coefficient (Wildman–Crippen LogP) is 11.1. The van der Waals surface area contributed by atoms with E-state index in [1.807, 2.05) is 78.9 Å². The van der Waals surface area contributed by atoms with Crippen LogP contribution in [0.25, 0.3) is 34.4 Å². The van der Waals surface area contributed by atoms with Crippen molar-refractivity contribution in [1.29, 1.82) is 0 Å². The average Bonchev–Trinajstić information content (AvgIpc) is 3.27. The molecule has 8 nitrogen and oxygen atoms in total. The maximum Gasteiger partial charge on any atom is 0.328 e. The first-order chi connectivity index (χ1) is 29.1. The van der Waals surface area contributed by atoms with Gasteiger partial charge in [-0.05, 0) is 152 Å². The first kappa shape index (κ1) is 41.3. The van der Waals surface area contributed by atoms with E-state index in [0.29, 0.717) is 5.75 Å². The summed E-state index contributed by atoms with van der Waals surface area (Å²) < 4.78 is 10.7. The normalized spacial score (nSPS) is 13.4. The minimum Gasteiger partial charge on any atom is -0.508 e. The van der Waals surface area contributed by atoms with E-state index in [2.05, 4.69) is 30.3 Å². The SMILES string of the molecule is COc1ccc(C2=C(c3cccc(/C=C/C(=O)O)c3)c3ccc(OC)cc3SC2)cc1.O=C(O)/C=C/c1cccc(C2=C(c3ccc(O)cc3)CSc3cc(O)ccc32)c1. The Kier molecular flexibility index (Phi) is 12.9. The Balaban J connectivity index is 0.000000182. The van der Waals surface area contributed by atoms with E-state index in [4.69, 9.17) is 19.7 Å². The lowest BCUT2D eigenvalue weighted by molar-refractivity contribution is -0.132. The van der Waals surface area contributed by atoms with E-state index >= 15 is 0 Å². The number of rotatable bonds is 10. The Bertz CT molecular complexity index is 2690. The molecule has 8 rings (SSSR count). The molecular formula is C50H40O8S2. The third-order valence-corrected chi connectivity index (χ3v) is 12.0. The second kappa shape index (κ2) is 18.8. The average molecular weight is 833 g/mol. The molecule has 300 valence electrons. The number of aliphatic carboxylic acids is 2. The van der Waals surface area contributed by atoms with Crippen molar-refractivity contribution in [3.05, 3.63) is 190 Å². The molecule has 2 aliphatic heterocycles. The van der Waals surface area contributed by atoms with Crippen molar-refractivity contribution >= 4 is 69.9 Å². The maximum atomic E-state index is 11.0. The fourth-order valence-electron chi connectivity index (χ4n) is 7.06. The van der Waals surface area contributed by atoms with Crippen LogP contribution < -0.4 is 9.47 Å². The number of benzene rings is 6. The third-order valence-electron chi connectivity index (χ3n) is 9.88. The van der Waals surface area contributed by atoms with Crippen LogP contribution in [0.15, 0.2) is 155 Å². The summed E-state index contributed by atoms with van der Waals surface area (Å²) in [6.07, 6.45) is 5.47. The molecular weight excluding hydrogens is 793 g/mol. The van der Waals surface area contributed by atoms with Gasteiger partial charge in [-0.3, -0.25) is 0 Å². The van der Waals surface area contributed by atoms with Crippen molar-refractivity contribution in [3.63, 3.8) is 0 Å². The van der Waals surface area contributed by atoms with Crippen LogP contribution in [-0.2, 0) is 9.59 Å². The number of ether oxygens (including phenoxy) is 2. The van der Waals surface area contributed by atoms with Gasteiger partial charge in [0.05, 0.1) is 14.2 Å². The molecule has 0 bridgehead atoms. The maximum absolute atomic E-state index is 11.0. The second-order valence-corrected chi connectivity index (χ2v) is 15.7. The molecule has 0 aliphatic carbocycles. The number of thioether (sulfide) groups is 2. The Morgan fingerprint density at radius 3 is 1.47 bits per heavy atom. The molecule has 6 aromatic carbocycles. The lowest BCUT2D eigenvalue weighted by Crippen LogP contribution is -2.04. The standard InChI is InChI=1S/C26H22O4S.C24H18O4S/c1-29-20-9-7-18(8-10-20)23-16-31-24-15-21(30-2)11-12-22(24)26(23)19-5-3-4-17(14-19)6-13-25(27)28;25-18-7-5-16(6-8-18)21-14-29-22-13-19(26)9-10-20(22)24(21)17-3-1-2-15(12-17)4-11-23(27)28/h3-15H,16H2,1-2H3,(H,27,28);1-13,25-26H,14H2,(H,27,28)/b13-6+;11-4+. The van der Waals surface area contributed by atoms with E-state index < -0.39 is 11.9 Å². The van der Waals surface area contributed by atoms with Gasteiger partial charge in [-0.1, -0.05) is 60.7 Å². The molecule has 10 heteroatoms. The van der Waals surface area contributed by atoms with Gasteiger partial charge in [-0.15, -0.1) is 23.5 Å². The number of methoxy groups -OCH3 is 2. The highest BCUT2D eigenvalue weighted by Crippen LogP contribution is 2.47. The van der Waals surface area contributed by atoms with Crippen molar-refractivity contribution in [3.8, 4) is 23.0 Å². The van der Waals surface area contributed by atoms with E-state index in [-0.39, 0.29) is 11.5 Å². The van der Waals surface area contributed by atoms with Crippen molar-refractivity contribution in [2.45, 2.75) is 9.79 Å². The monoisotopic (exact) mass is 832 g/mol. The van der Waals surface area contributed by atoms with E-state index in [9.17, 15) is 19.8 Å². The Morgan fingerprint density at radius 1 is 0.517 bits per heavy atom. The van der Waals surface area contributed by atoms with Gasteiger partial charge in [0.2, 0.25) is 0 Å². The summed E-state index contributed by atoms with van der Waals surface area (Å²) in [6.45, 7) is 0. The number of carbonyl (C=O) groups is 2. The fourth-order valence-corrected chi connectivity index (χ4v) is 9.34. The zero-order valence-corrected chi connectivity index (χ0v) is 34.3. The van der Waals surface area contributed by atoms with Crippen LogP contribution in [0.3, 0.4) is 0 Å². The zero-order chi connectivity index (χ0) is 42.2. The van der Waals surface area contributed by atoms with Crippen LogP contribution >= 0.6 is 23.5 Å². The Morgan fingerprint density at radius 2 is 0.967 bits per heavy atom. The topological polar surface area (TPSA) is 134 Å². The number of carboxylic acid groups (broad SMARTS) is 2. The molecule has 4 N–H and O–H groups in total. The Labute approximate surface area is 356 Å². The van der Waals surface area contributed by atoms with Crippen molar-refractivity contribution < 1.29 is 39.5 Å². The van der Waals surface area contributed by atoms with Gasteiger partial charge in [0.1, 0.15) is 23.0 Å². The zero-order valence-electron chi connectivity index (χ0n) is 32.7. The van der Waals surface area contributed by atoms with Gasteiger partial charge in [0.25, 0.3) is 0 Å². The van der Waals surface area contributed by atoms with Gasteiger partial charge in [0.15, 0.2) is 0 Å². The first-order valence-corrected chi connectivity index (χ1v) is 20.8. The van der Waals surface area contributed by atoms with Crippen molar-refractivity contribution in [2.24, 2.45) is 0 Å². The second-order valence-electron chi connectivity index (χ2n) is 13.7. The van der Waals surface area contributed by atoms with Crippen LogP contribution in [0.5, 0.6) is 23.0 Å². The smallest absolute Gasteiger partial charge is 0.328 e. The highest BCUT2D eigenvalue weighted by atomic mass is 32.2. The molecule has 0 unspecified atom stereocenters. The number of hydrogen-bond acceptors (Lipinski definition) is 8. The van der Waals surface area contributed by atoms with Crippen molar-refractivity contribution in [2.75, 3.05) is 25.7 Å². The molecule has 0 aromatic heterocycles. The molecule has 2 heterocycles. The van der Waals surface area contributed by atoms with Gasteiger partial charge in [-0.25, -0.2) is 9.59 Å². The predicted molar refractivity (Wildman–Crippen MR) is 242 cm³/mol. The molecule has 0 fully saturated rings. The number of fused-ring (bicyclic) bond motifs is 2. The number of aromatic hydroxyl groups is 2. The molecule has 0 atom stereocenters. The van der Waals surface area contributed by atoms with Crippen LogP contribution in [-0.4, -0.2) is 58.1 Å². The molecule has 0 saturated heterocycles. The summed E-state index contributed by atoms with van der Waals surface area (Å²) in [4.78, 5) is 24.0. The molecule has 0 saturated carbocycles. The fraction of sp³-hybridized carbons (Fsp3) is 0.0800. The van der Waals surface area contributed by atoms with Crippen LogP contribution in [0.2, 0.25) is 0 Å². The molecule has 0 radical (unpaired) electrons. The molecule has 0 spiro atoms. The Hall–Kier alpha value is -6.88. The minimum atomic E-state index is -0.991. The molecule has 0 amide bonds. The summed E-state index contributed by atoms with van der Waals surface area (Å²) in [7, 11) is 3.34. The van der Waals surface area contributed by atoms with Crippen LogP contribution in [0, 0.1) is 0 Å². The minimum absolute atomic E-state index is 0.213. The lowest BCUT2D eigenvalue weighted by Gasteiger charge is -2.25. The number of phenols is 2. The molecule has 60 heavy (non-hydrogen) atoms. The number of hydrogen-bond donors (Lipinski definition) is 4. The lowest BCUT2D eigenvalue weighted by atomic mass is 9.89. The number of phenolic OH excluding ortho intramolecular Hbond substituents is 2. The van der Waals surface area contributed by atoms with Gasteiger partial charge in [0, 0.05) is 33.4 Å². The van der Waals surface area contributed by atoms with E-state index in [1.165, 1.54) is 5.57 Å². The third kappa shape index (κ3) is 9.69. The summed E-state index contributed by atoms with van der Waals surface area (Å²) in [6, 6.07) is 42.4. The van der Waals surface area contributed by atoms with E-state index in [0.717, 1.165) is 100 Å². The summed E-state index contributed by atoms with van der Waals surface area (Å²) in [5.41, 5.74) is 12.5. The van der Waals surface area contributed by atoms with Crippen molar-refractivity contribution in [1.82, 2.24) is 0 Å². The van der Waals surface area contributed by atoms with Crippen LogP contribution in [0.4, 0.5) is 0 Å². The molecule has 6 aromatic rings. The van der Waals surface area contributed by atoms with Gasteiger partial charge in [-0.2, -0.15) is 0 Å².